The van der Waals surface area contributed by atoms with Crippen molar-refractivity contribution in [1.29, 1.82) is 0 Å². The molecule has 3 aromatic rings. The highest BCUT2D eigenvalue weighted by Crippen LogP contribution is 2.29. The number of nitrogens with two attached hydrogens (primary N) is 1. The van der Waals surface area contributed by atoms with Crippen molar-refractivity contribution in [3.8, 4) is 11.3 Å². The third-order valence-corrected chi connectivity index (χ3v) is 3.35. The van der Waals surface area contributed by atoms with E-state index in [1.807, 2.05) is 30.3 Å². The van der Waals surface area contributed by atoms with Crippen LogP contribution in [0.2, 0.25) is 5.02 Å². The summed E-state index contributed by atoms with van der Waals surface area (Å²) in [6, 6.07) is 14.7. The Kier molecular flexibility index (Phi) is 2.91. The molecule has 3 rings (SSSR count). The summed E-state index contributed by atoms with van der Waals surface area (Å²) >= 11 is 6.06. The number of hydrogen-bond donors (Lipinski definition) is 1. The Morgan fingerprint density at radius 3 is 2.95 bits per heavy atom. The van der Waals surface area contributed by atoms with Crippen molar-refractivity contribution in [3.63, 3.8) is 0 Å². The molecular weight excluding hydrogens is 258 g/mol. The summed E-state index contributed by atoms with van der Waals surface area (Å²) in [4.78, 5) is 4.35. The van der Waals surface area contributed by atoms with E-state index in [-0.39, 0.29) is 0 Å². The molecule has 0 aliphatic rings. The minimum Gasteiger partial charge on any atom is -0.384 e. The molecule has 0 aliphatic carbocycles. The first kappa shape index (κ1) is 12.1. The smallest absolute Gasteiger partial charge is 0.124 e. The summed E-state index contributed by atoms with van der Waals surface area (Å²) in [7, 11) is 0. The number of rotatable bonds is 2. The molecule has 2 aromatic heterocycles. The van der Waals surface area contributed by atoms with Crippen LogP contribution in [0.4, 0.5) is 5.82 Å². The number of fused-ring (bicyclic) bond motifs is 1. The van der Waals surface area contributed by atoms with Gasteiger partial charge in [-0.15, -0.1) is 0 Å². The quantitative estimate of drug-likeness (QED) is 0.770. The van der Waals surface area contributed by atoms with Gasteiger partial charge in [0, 0.05) is 17.6 Å². The number of halogens is 1. The fraction of sp³-hybridized carbons (Fsp3) is 0.133. The SMILES string of the molecule is CCn1c(-c2cccc(Cl)c2)cc2nc(N)c[c]c21. The van der Waals surface area contributed by atoms with Crippen molar-refractivity contribution in [2.24, 2.45) is 0 Å². The normalized spacial score (nSPS) is 11.1. The van der Waals surface area contributed by atoms with Gasteiger partial charge in [-0.2, -0.15) is 0 Å². The average molecular weight is 271 g/mol. The van der Waals surface area contributed by atoms with E-state index >= 15 is 0 Å². The van der Waals surface area contributed by atoms with Crippen LogP contribution in [0.5, 0.6) is 0 Å². The molecule has 4 heteroatoms. The van der Waals surface area contributed by atoms with Gasteiger partial charge in [-0.05, 0) is 36.8 Å². The van der Waals surface area contributed by atoms with E-state index in [1.165, 1.54) is 0 Å². The van der Waals surface area contributed by atoms with Crippen molar-refractivity contribution in [3.05, 3.63) is 47.5 Å². The van der Waals surface area contributed by atoms with Crippen LogP contribution in [0, 0.1) is 6.07 Å². The van der Waals surface area contributed by atoms with E-state index in [9.17, 15) is 0 Å². The van der Waals surface area contributed by atoms with Gasteiger partial charge < -0.3 is 10.3 Å². The summed E-state index contributed by atoms with van der Waals surface area (Å²) in [6.45, 7) is 2.94. The van der Waals surface area contributed by atoms with Gasteiger partial charge in [0.2, 0.25) is 0 Å². The van der Waals surface area contributed by atoms with E-state index in [4.69, 9.17) is 17.3 Å². The van der Waals surface area contributed by atoms with E-state index in [0.29, 0.717) is 5.82 Å². The Labute approximate surface area is 116 Å². The third-order valence-electron chi connectivity index (χ3n) is 3.12. The van der Waals surface area contributed by atoms with Crippen LogP contribution in [0.1, 0.15) is 6.92 Å². The second-order valence-electron chi connectivity index (χ2n) is 4.34. The minimum atomic E-state index is 0.485. The molecule has 0 amide bonds. The predicted octanol–water partition coefficient (Wildman–Crippen LogP) is 3.76. The van der Waals surface area contributed by atoms with Crippen LogP contribution in [0.15, 0.2) is 36.4 Å². The first-order valence-electron chi connectivity index (χ1n) is 6.12. The topological polar surface area (TPSA) is 43.8 Å². The Morgan fingerprint density at radius 1 is 1.37 bits per heavy atom. The highest BCUT2D eigenvalue weighted by molar-refractivity contribution is 6.30. The molecule has 1 aromatic carbocycles. The molecule has 2 N–H and O–H groups in total. The molecule has 1 radical (unpaired) electrons. The van der Waals surface area contributed by atoms with E-state index < -0.39 is 0 Å². The molecule has 2 heterocycles. The Balaban J connectivity index is 2.28. The second kappa shape index (κ2) is 4.59. The fourth-order valence-corrected chi connectivity index (χ4v) is 2.49. The first-order chi connectivity index (χ1) is 9.19. The number of aromatic nitrogens is 2. The van der Waals surface area contributed by atoms with Gasteiger partial charge >= 0.3 is 0 Å². The maximum Gasteiger partial charge on any atom is 0.124 e. The van der Waals surface area contributed by atoms with Crippen LogP contribution in [-0.4, -0.2) is 9.55 Å². The summed E-state index contributed by atoms with van der Waals surface area (Å²) in [5, 5.41) is 0.724. The van der Waals surface area contributed by atoms with Crippen LogP contribution < -0.4 is 5.73 Å². The molecule has 0 fully saturated rings. The number of pyridine rings is 1. The summed E-state index contributed by atoms with van der Waals surface area (Å²) in [5.41, 5.74) is 9.68. The zero-order chi connectivity index (χ0) is 13.4. The fourth-order valence-electron chi connectivity index (χ4n) is 2.30. The molecule has 0 saturated heterocycles. The molecular formula is C15H13ClN3. The standard InChI is InChI=1S/C15H13ClN3/c1-2-19-13-6-7-15(17)18-12(13)9-14(19)10-4-3-5-11(16)8-10/h3-5,7-9H,2H2,1H3,(H2,17,18). The lowest BCUT2D eigenvalue weighted by Crippen LogP contribution is -1.97. The maximum atomic E-state index is 6.06. The number of aryl methyl sites for hydroxylation is 1. The van der Waals surface area contributed by atoms with Crippen LogP contribution in [0.3, 0.4) is 0 Å². The molecule has 0 spiro atoms. The number of hydrogen-bond acceptors (Lipinski definition) is 2. The Bertz CT molecular complexity index is 746. The van der Waals surface area contributed by atoms with E-state index in [1.54, 1.807) is 6.07 Å². The van der Waals surface area contributed by atoms with Gasteiger partial charge in [0.05, 0.1) is 16.7 Å². The zero-order valence-electron chi connectivity index (χ0n) is 10.5. The summed E-state index contributed by atoms with van der Waals surface area (Å²) < 4.78 is 2.16. The molecule has 0 atom stereocenters. The predicted molar refractivity (Wildman–Crippen MR) is 79.1 cm³/mol. The Morgan fingerprint density at radius 2 is 2.21 bits per heavy atom. The monoisotopic (exact) mass is 270 g/mol. The molecule has 19 heavy (non-hydrogen) atoms. The van der Waals surface area contributed by atoms with Crippen LogP contribution in [0.25, 0.3) is 22.3 Å². The van der Waals surface area contributed by atoms with Crippen molar-refractivity contribution >= 4 is 28.5 Å². The lowest BCUT2D eigenvalue weighted by atomic mass is 10.1. The number of nitrogens with zero attached hydrogens (tertiary/aromatic N) is 2. The van der Waals surface area contributed by atoms with Crippen molar-refractivity contribution < 1.29 is 0 Å². The average Bonchev–Trinajstić information content (AvgIpc) is 2.76. The molecule has 3 nitrogen and oxygen atoms in total. The third kappa shape index (κ3) is 2.06. The van der Waals surface area contributed by atoms with Gasteiger partial charge in [-0.3, -0.25) is 0 Å². The molecule has 0 saturated carbocycles. The van der Waals surface area contributed by atoms with Gasteiger partial charge in [-0.1, -0.05) is 23.7 Å². The minimum absolute atomic E-state index is 0.485. The highest BCUT2D eigenvalue weighted by atomic mass is 35.5. The lowest BCUT2D eigenvalue weighted by molar-refractivity contribution is 0.804. The van der Waals surface area contributed by atoms with Crippen LogP contribution in [-0.2, 0) is 6.54 Å². The molecule has 0 aliphatic heterocycles. The van der Waals surface area contributed by atoms with Crippen molar-refractivity contribution in [1.82, 2.24) is 9.55 Å². The highest BCUT2D eigenvalue weighted by Gasteiger charge is 2.11. The van der Waals surface area contributed by atoms with Gasteiger partial charge in [0.15, 0.2) is 0 Å². The number of anilines is 1. The molecule has 0 unspecified atom stereocenters. The second-order valence-corrected chi connectivity index (χ2v) is 4.78. The Hall–Kier alpha value is -2.00. The van der Waals surface area contributed by atoms with Crippen LogP contribution >= 0.6 is 11.6 Å². The first-order valence-corrected chi connectivity index (χ1v) is 6.50. The summed E-state index contributed by atoms with van der Waals surface area (Å²) in [5.74, 6) is 0.485. The largest absolute Gasteiger partial charge is 0.384 e. The molecule has 0 bridgehead atoms. The number of nitrogen functional groups attached to an aromatic ring is 1. The van der Waals surface area contributed by atoms with Gasteiger partial charge in [-0.25, -0.2) is 4.98 Å². The maximum absolute atomic E-state index is 6.06. The van der Waals surface area contributed by atoms with E-state index in [2.05, 4.69) is 22.5 Å². The number of benzene rings is 1. The van der Waals surface area contributed by atoms with Crippen molar-refractivity contribution in [2.75, 3.05) is 5.73 Å². The van der Waals surface area contributed by atoms with E-state index in [0.717, 1.165) is 33.9 Å². The van der Waals surface area contributed by atoms with Gasteiger partial charge in [0.25, 0.3) is 0 Å². The molecule has 95 valence electrons. The summed E-state index contributed by atoms with van der Waals surface area (Å²) in [6.07, 6.45) is 0. The lowest BCUT2D eigenvalue weighted by Gasteiger charge is -2.07. The van der Waals surface area contributed by atoms with Gasteiger partial charge in [0.1, 0.15) is 5.82 Å². The zero-order valence-corrected chi connectivity index (χ0v) is 11.3. The van der Waals surface area contributed by atoms with Crippen molar-refractivity contribution in [2.45, 2.75) is 13.5 Å².